The van der Waals surface area contributed by atoms with Crippen molar-refractivity contribution in [2.75, 3.05) is 11.9 Å². The van der Waals surface area contributed by atoms with Gasteiger partial charge in [0, 0.05) is 16.6 Å². The van der Waals surface area contributed by atoms with E-state index in [1.807, 2.05) is 30.3 Å². The fourth-order valence-electron chi connectivity index (χ4n) is 2.02. The number of aromatic nitrogens is 1. The average molecular weight is 356 g/mol. The van der Waals surface area contributed by atoms with Crippen molar-refractivity contribution in [3.8, 4) is 10.6 Å². The highest BCUT2D eigenvalue weighted by molar-refractivity contribution is 7.13. The lowest BCUT2D eigenvalue weighted by atomic mass is 10.2. The van der Waals surface area contributed by atoms with E-state index in [-0.39, 0.29) is 5.69 Å². The molecule has 25 heavy (non-hydrogen) atoms. The van der Waals surface area contributed by atoms with E-state index in [0.717, 1.165) is 5.56 Å². The van der Waals surface area contributed by atoms with E-state index in [0.29, 0.717) is 10.7 Å². The number of amides is 1. The fourth-order valence-corrected chi connectivity index (χ4v) is 2.81. The van der Waals surface area contributed by atoms with Crippen LogP contribution in [0, 0.1) is 5.82 Å². The third kappa shape index (κ3) is 4.48. The summed E-state index contributed by atoms with van der Waals surface area (Å²) in [5, 5.41) is 4.79. The van der Waals surface area contributed by atoms with Gasteiger partial charge in [0.05, 0.1) is 0 Å². The van der Waals surface area contributed by atoms with Crippen molar-refractivity contribution in [3.05, 3.63) is 71.5 Å². The van der Waals surface area contributed by atoms with E-state index in [4.69, 9.17) is 4.74 Å². The minimum absolute atomic E-state index is 0.151. The average Bonchev–Trinajstić information content (AvgIpc) is 3.13. The van der Waals surface area contributed by atoms with E-state index < -0.39 is 24.3 Å². The van der Waals surface area contributed by atoms with Crippen LogP contribution in [0.15, 0.2) is 60.0 Å². The molecule has 3 aromatic rings. The number of benzene rings is 2. The zero-order valence-corrected chi connectivity index (χ0v) is 13.8. The van der Waals surface area contributed by atoms with Gasteiger partial charge >= 0.3 is 5.97 Å². The van der Waals surface area contributed by atoms with Gasteiger partial charge in [-0.15, -0.1) is 11.3 Å². The summed E-state index contributed by atoms with van der Waals surface area (Å²) in [4.78, 5) is 28.0. The van der Waals surface area contributed by atoms with Gasteiger partial charge in [0.25, 0.3) is 5.91 Å². The molecule has 1 aromatic heterocycles. The molecular weight excluding hydrogens is 343 g/mol. The fraction of sp³-hybridized carbons (Fsp3) is 0.0556. The maximum Gasteiger partial charge on any atom is 0.358 e. The van der Waals surface area contributed by atoms with Crippen LogP contribution >= 0.6 is 11.3 Å². The van der Waals surface area contributed by atoms with E-state index in [2.05, 4.69) is 10.3 Å². The first kappa shape index (κ1) is 16.8. The van der Waals surface area contributed by atoms with Crippen molar-refractivity contribution < 1.29 is 18.7 Å². The number of anilines is 1. The monoisotopic (exact) mass is 356 g/mol. The Morgan fingerprint density at radius 2 is 1.80 bits per heavy atom. The van der Waals surface area contributed by atoms with Crippen molar-refractivity contribution in [1.82, 2.24) is 4.98 Å². The Hall–Kier alpha value is -3.06. The van der Waals surface area contributed by atoms with Gasteiger partial charge in [-0.1, -0.05) is 30.3 Å². The Balaban J connectivity index is 1.55. The van der Waals surface area contributed by atoms with Crippen LogP contribution in [-0.4, -0.2) is 23.5 Å². The summed E-state index contributed by atoms with van der Waals surface area (Å²) >= 11 is 1.32. The van der Waals surface area contributed by atoms with E-state index in [9.17, 15) is 14.0 Å². The Morgan fingerprint density at radius 1 is 1.08 bits per heavy atom. The van der Waals surface area contributed by atoms with Crippen molar-refractivity contribution >= 4 is 28.9 Å². The second-order valence-electron chi connectivity index (χ2n) is 5.04. The number of nitrogens with one attached hydrogen (secondary N) is 1. The minimum Gasteiger partial charge on any atom is -0.451 e. The topological polar surface area (TPSA) is 68.3 Å². The number of carbonyl (C=O) groups is 2. The molecule has 3 rings (SSSR count). The molecule has 1 heterocycles. The van der Waals surface area contributed by atoms with Gasteiger partial charge in [-0.3, -0.25) is 4.79 Å². The molecule has 0 radical (unpaired) electrons. The summed E-state index contributed by atoms with van der Waals surface area (Å²) in [6.45, 7) is -0.450. The molecular formula is C18H13FN2O3S. The number of thiazole rings is 1. The molecule has 0 aliphatic carbocycles. The van der Waals surface area contributed by atoms with Gasteiger partial charge in [-0.25, -0.2) is 14.2 Å². The molecule has 0 saturated carbocycles. The Labute approximate surface area is 147 Å². The third-order valence-corrected chi connectivity index (χ3v) is 4.09. The molecule has 0 atom stereocenters. The highest BCUT2D eigenvalue weighted by Gasteiger charge is 2.15. The van der Waals surface area contributed by atoms with E-state index in [1.165, 1.54) is 35.6 Å². The first-order chi connectivity index (χ1) is 12.1. The number of carbonyl (C=O) groups excluding carboxylic acids is 2. The highest BCUT2D eigenvalue weighted by Crippen LogP contribution is 2.23. The van der Waals surface area contributed by atoms with E-state index >= 15 is 0 Å². The molecule has 0 aliphatic heterocycles. The maximum atomic E-state index is 12.8. The second-order valence-corrected chi connectivity index (χ2v) is 5.89. The van der Waals surface area contributed by atoms with Crippen LogP contribution in [0.2, 0.25) is 0 Å². The molecule has 1 amide bonds. The molecule has 0 saturated heterocycles. The summed E-state index contributed by atoms with van der Waals surface area (Å²) in [6.07, 6.45) is 0. The van der Waals surface area contributed by atoms with Crippen LogP contribution in [0.5, 0.6) is 0 Å². The Morgan fingerprint density at radius 3 is 2.52 bits per heavy atom. The molecule has 0 aliphatic rings. The first-order valence-electron chi connectivity index (χ1n) is 7.35. The molecule has 0 spiro atoms. The van der Waals surface area contributed by atoms with Crippen molar-refractivity contribution in [2.24, 2.45) is 0 Å². The number of rotatable bonds is 5. The van der Waals surface area contributed by atoms with Gasteiger partial charge < -0.3 is 10.1 Å². The number of halogens is 1. The quantitative estimate of drug-likeness (QED) is 0.707. The van der Waals surface area contributed by atoms with Crippen LogP contribution in [0.25, 0.3) is 10.6 Å². The first-order valence-corrected chi connectivity index (χ1v) is 8.23. The minimum atomic E-state index is -0.673. The van der Waals surface area contributed by atoms with Gasteiger partial charge in [0.2, 0.25) is 0 Å². The van der Waals surface area contributed by atoms with Gasteiger partial charge in [-0.2, -0.15) is 0 Å². The van der Waals surface area contributed by atoms with Gasteiger partial charge in [0.1, 0.15) is 10.8 Å². The number of hydrogen-bond donors (Lipinski definition) is 1. The highest BCUT2D eigenvalue weighted by atomic mass is 32.1. The zero-order chi connectivity index (χ0) is 17.6. The molecule has 7 heteroatoms. The summed E-state index contributed by atoms with van der Waals surface area (Å²) in [5.41, 5.74) is 1.47. The van der Waals surface area contributed by atoms with Crippen LogP contribution in [0.1, 0.15) is 10.5 Å². The lowest BCUT2D eigenvalue weighted by Crippen LogP contribution is -2.21. The maximum absolute atomic E-state index is 12.8. The number of ether oxygens (including phenoxy) is 1. The number of esters is 1. The van der Waals surface area contributed by atoms with E-state index in [1.54, 1.807) is 5.38 Å². The Bertz CT molecular complexity index is 879. The van der Waals surface area contributed by atoms with Gasteiger partial charge in [-0.05, 0) is 24.3 Å². The predicted molar refractivity (Wildman–Crippen MR) is 92.9 cm³/mol. The van der Waals surface area contributed by atoms with Gasteiger partial charge in [0.15, 0.2) is 12.3 Å². The Kier molecular flexibility index (Phi) is 5.15. The molecule has 2 aromatic carbocycles. The molecule has 0 fully saturated rings. The molecule has 0 bridgehead atoms. The third-order valence-electron chi connectivity index (χ3n) is 3.20. The van der Waals surface area contributed by atoms with Crippen LogP contribution in [0.3, 0.4) is 0 Å². The van der Waals surface area contributed by atoms with Crippen LogP contribution in [-0.2, 0) is 9.53 Å². The lowest BCUT2D eigenvalue weighted by molar-refractivity contribution is -0.119. The number of hydrogen-bond acceptors (Lipinski definition) is 5. The van der Waals surface area contributed by atoms with Crippen molar-refractivity contribution in [3.63, 3.8) is 0 Å². The molecule has 126 valence electrons. The van der Waals surface area contributed by atoms with Crippen molar-refractivity contribution in [1.29, 1.82) is 0 Å². The summed E-state index contributed by atoms with van der Waals surface area (Å²) in [5.74, 6) is -1.59. The van der Waals surface area contributed by atoms with Crippen LogP contribution < -0.4 is 5.32 Å². The zero-order valence-electron chi connectivity index (χ0n) is 12.9. The molecule has 1 N–H and O–H groups in total. The number of nitrogens with zero attached hydrogens (tertiary/aromatic N) is 1. The summed E-state index contributed by atoms with van der Waals surface area (Å²) < 4.78 is 17.8. The second kappa shape index (κ2) is 7.67. The largest absolute Gasteiger partial charge is 0.451 e. The standard InChI is InChI=1S/C18H13FN2O3S/c19-13-6-8-14(9-7-13)20-16(22)10-24-18(23)15-11-25-17(21-15)12-4-2-1-3-5-12/h1-9,11H,10H2,(H,20,22). The van der Waals surface area contributed by atoms with Crippen LogP contribution in [0.4, 0.5) is 10.1 Å². The molecule has 0 unspecified atom stereocenters. The van der Waals surface area contributed by atoms with Crippen molar-refractivity contribution in [2.45, 2.75) is 0 Å². The summed E-state index contributed by atoms with van der Waals surface area (Å²) in [6, 6.07) is 14.7. The smallest absolute Gasteiger partial charge is 0.358 e. The SMILES string of the molecule is O=C(COC(=O)c1csc(-c2ccccc2)n1)Nc1ccc(F)cc1. The molecule has 5 nitrogen and oxygen atoms in total. The normalized spacial score (nSPS) is 10.3. The summed E-state index contributed by atoms with van der Waals surface area (Å²) in [7, 11) is 0. The predicted octanol–water partition coefficient (Wildman–Crippen LogP) is 3.74. The lowest BCUT2D eigenvalue weighted by Gasteiger charge is -2.05.